The zero-order valence-electron chi connectivity index (χ0n) is 11.2. The van der Waals surface area contributed by atoms with E-state index in [2.05, 4.69) is 33.6 Å². The molecule has 19 heavy (non-hydrogen) atoms. The van der Waals surface area contributed by atoms with Gasteiger partial charge in [0.05, 0.1) is 5.69 Å². The zero-order valence-corrected chi connectivity index (χ0v) is 12.0. The first-order chi connectivity index (χ1) is 9.36. The van der Waals surface area contributed by atoms with E-state index in [1.807, 2.05) is 11.3 Å². The van der Waals surface area contributed by atoms with E-state index >= 15 is 0 Å². The lowest BCUT2D eigenvalue weighted by Crippen LogP contribution is -2.29. The quantitative estimate of drug-likeness (QED) is 0.853. The number of thiophene rings is 1. The van der Waals surface area contributed by atoms with Gasteiger partial charge in [-0.2, -0.15) is 4.98 Å². The minimum Gasteiger partial charge on any atom is -0.432 e. The maximum absolute atomic E-state index is 5.60. The van der Waals surface area contributed by atoms with Crippen LogP contribution in [0.1, 0.15) is 29.5 Å². The molecule has 0 bridgehead atoms. The van der Waals surface area contributed by atoms with E-state index < -0.39 is 0 Å². The molecule has 1 N–H and O–H groups in total. The minimum absolute atomic E-state index is 0.755. The molecule has 0 spiro atoms. The second-order valence-corrected chi connectivity index (χ2v) is 5.84. The van der Waals surface area contributed by atoms with Crippen LogP contribution < -0.4 is 10.2 Å². The van der Waals surface area contributed by atoms with E-state index in [0.717, 1.165) is 50.7 Å². The molecule has 0 radical (unpaired) electrons. The Morgan fingerprint density at radius 3 is 3.37 bits per heavy atom. The Kier molecular flexibility index (Phi) is 3.84. The molecule has 0 saturated heterocycles. The SMILES string of the molecule is CCCNCc1coc(N2CCc3sccc3C2)n1. The third kappa shape index (κ3) is 2.82. The Morgan fingerprint density at radius 1 is 1.53 bits per heavy atom. The number of nitrogens with one attached hydrogen (secondary N) is 1. The average molecular weight is 277 g/mol. The van der Waals surface area contributed by atoms with Crippen LogP contribution in [0.5, 0.6) is 0 Å². The molecule has 0 saturated carbocycles. The summed E-state index contributed by atoms with van der Waals surface area (Å²) < 4.78 is 5.60. The second-order valence-electron chi connectivity index (χ2n) is 4.84. The van der Waals surface area contributed by atoms with Crippen molar-refractivity contribution in [2.24, 2.45) is 0 Å². The maximum Gasteiger partial charge on any atom is 0.297 e. The Labute approximate surface area is 117 Å². The normalized spacial score (nSPS) is 14.7. The number of hydrogen-bond acceptors (Lipinski definition) is 5. The van der Waals surface area contributed by atoms with Crippen molar-refractivity contribution in [1.29, 1.82) is 0 Å². The molecule has 3 heterocycles. The highest BCUT2D eigenvalue weighted by Crippen LogP contribution is 2.27. The fraction of sp³-hybridized carbons (Fsp3) is 0.500. The molecule has 2 aromatic heterocycles. The Hall–Kier alpha value is -1.33. The van der Waals surface area contributed by atoms with Crippen molar-refractivity contribution in [3.8, 4) is 0 Å². The molecule has 5 heteroatoms. The number of anilines is 1. The van der Waals surface area contributed by atoms with E-state index in [-0.39, 0.29) is 0 Å². The Balaban J connectivity index is 1.64. The first-order valence-electron chi connectivity index (χ1n) is 6.82. The Bertz CT molecular complexity index is 534. The highest BCUT2D eigenvalue weighted by molar-refractivity contribution is 7.10. The number of oxazole rings is 1. The van der Waals surface area contributed by atoms with Crippen LogP contribution in [-0.4, -0.2) is 18.1 Å². The molecular formula is C14H19N3OS. The van der Waals surface area contributed by atoms with Crippen LogP contribution in [0.15, 0.2) is 22.1 Å². The smallest absolute Gasteiger partial charge is 0.297 e. The topological polar surface area (TPSA) is 41.3 Å². The van der Waals surface area contributed by atoms with Crippen molar-refractivity contribution in [2.45, 2.75) is 32.9 Å². The van der Waals surface area contributed by atoms with Crippen molar-refractivity contribution < 1.29 is 4.42 Å². The minimum atomic E-state index is 0.755. The van der Waals surface area contributed by atoms with E-state index in [1.165, 1.54) is 10.4 Å². The van der Waals surface area contributed by atoms with Crippen molar-refractivity contribution in [1.82, 2.24) is 10.3 Å². The van der Waals surface area contributed by atoms with Crippen LogP contribution in [0, 0.1) is 0 Å². The second kappa shape index (κ2) is 5.75. The van der Waals surface area contributed by atoms with Crippen LogP contribution >= 0.6 is 11.3 Å². The van der Waals surface area contributed by atoms with Crippen LogP contribution in [0.25, 0.3) is 0 Å². The molecule has 4 nitrogen and oxygen atoms in total. The Morgan fingerprint density at radius 2 is 2.47 bits per heavy atom. The number of rotatable bonds is 5. The molecular weight excluding hydrogens is 258 g/mol. The molecule has 0 aliphatic carbocycles. The van der Waals surface area contributed by atoms with E-state index in [0.29, 0.717) is 0 Å². The van der Waals surface area contributed by atoms with E-state index in [9.17, 15) is 0 Å². The molecule has 1 aliphatic heterocycles. The van der Waals surface area contributed by atoms with Gasteiger partial charge in [-0.1, -0.05) is 6.92 Å². The van der Waals surface area contributed by atoms with Gasteiger partial charge in [0.15, 0.2) is 0 Å². The van der Waals surface area contributed by atoms with Gasteiger partial charge >= 0.3 is 0 Å². The summed E-state index contributed by atoms with van der Waals surface area (Å²) in [5, 5.41) is 5.51. The summed E-state index contributed by atoms with van der Waals surface area (Å²) >= 11 is 1.85. The molecule has 102 valence electrons. The molecule has 0 atom stereocenters. The summed E-state index contributed by atoms with van der Waals surface area (Å²) in [5.41, 5.74) is 2.40. The fourth-order valence-corrected chi connectivity index (χ4v) is 3.22. The predicted molar refractivity (Wildman–Crippen MR) is 77.6 cm³/mol. The summed E-state index contributed by atoms with van der Waals surface area (Å²) in [6.45, 7) is 5.88. The lowest BCUT2D eigenvalue weighted by molar-refractivity contribution is 0.524. The van der Waals surface area contributed by atoms with Crippen molar-refractivity contribution in [3.63, 3.8) is 0 Å². The number of fused-ring (bicyclic) bond motifs is 1. The predicted octanol–water partition coefficient (Wildman–Crippen LogP) is 2.80. The van der Waals surface area contributed by atoms with E-state index in [4.69, 9.17) is 4.42 Å². The highest BCUT2D eigenvalue weighted by Gasteiger charge is 2.20. The van der Waals surface area contributed by atoms with Gasteiger partial charge in [-0.3, -0.25) is 0 Å². The lowest BCUT2D eigenvalue weighted by atomic mass is 10.1. The van der Waals surface area contributed by atoms with Gasteiger partial charge in [0, 0.05) is 24.5 Å². The number of aromatic nitrogens is 1. The van der Waals surface area contributed by atoms with Crippen LogP contribution in [0.3, 0.4) is 0 Å². The number of nitrogens with zero attached hydrogens (tertiary/aromatic N) is 2. The molecule has 0 amide bonds. The molecule has 2 aromatic rings. The highest BCUT2D eigenvalue weighted by atomic mass is 32.1. The third-order valence-electron chi connectivity index (χ3n) is 3.35. The van der Waals surface area contributed by atoms with Gasteiger partial charge in [0.1, 0.15) is 6.26 Å². The standard InChI is InChI=1S/C14H19N3OS/c1-2-5-15-8-12-10-18-14(16-12)17-6-3-13-11(9-17)4-7-19-13/h4,7,10,15H,2-3,5-6,8-9H2,1H3. The van der Waals surface area contributed by atoms with Crippen LogP contribution in [0.4, 0.5) is 6.01 Å². The van der Waals surface area contributed by atoms with Gasteiger partial charge in [0.25, 0.3) is 6.01 Å². The lowest BCUT2D eigenvalue weighted by Gasteiger charge is -2.25. The maximum atomic E-state index is 5.60. The first-order valence-corrected chi connectivity index (χ1v) is 7.70. The largest absolute Gasteiger partial charge is 0.432 e. The average Bonchev–Trinajstić information content (AvgIpc) is 3.06. The van der Waals surface area contributed by atoms with Crippen molar-refractivity contribution in [2.75, 3.05) is 18.0 Å². The molecule has 0 aromatic carbocycles. The summed E-state index contributed by atoms with van der Waals surface area (Å²) in [4.78, 5) is 8.29. The zero-order chi connectivity index (χ0) is 13.1. The summed E-state index contributed by atoms with van der Waals surface area (Å²) in [6, 6.07) is 2.96. The number of hydrogen-bond donors (Lipinski definition) is 1. The van der Waals surface area contributed by atoms with Crippen LogP contribution in [0.2, 0.25) is 0 Å². The molecule has 1 aliphatic rings. The third-order valence-corrected chi connectivity index (χ3v) is 4.37. The summed E-state index contributed by atoms with van der Waals surface area (Å²) in [7, 11) is 0. The van der Waals surface area contributed by atoms with Crippen molar-refractivity contribution >= 4 is 17.4 Å². The van der Waals surface area contributed by atoms with Gasteiger partial charge in [-0.25, -0.2) is 0 Å². The monoisotopic (exact) mass is 277 g/mol. The van der Waals surface area contributed by atoms with Gasteiger partial charge in [-0.15, -0.1) is 11.3 Å². The van der Waals surface area contributed by atoms with Crippen LogP contribution in [-0.2, 0) is 19.5 Å². The van der Waals surface area contributed by atoms with Crippen molar-refractivity contribution in [3.05, 3.63) is 33.8 Å². The molecule has 3 rings (SSSR count). The molecule has 0 fully saturated rings. The van der Waals surface area contributed by atoms with Gasteiger partial charge in [-0.05, 0) is 36.4 Å². The molecule has 0 unspecified atom stereocenters. The fourth-order valence-electron chi connectivity index (χ4n) is 2.33. The van der Waals surface area contributed by atoms with E-state index in [1.54, 1.807) is 6.26 Å². The summed E-state index contributed by atoms with van der Waals surface area (Å²) in [5.74, 6) is 0. The van der Waals surface area contributed by atoms with Gasteiger partial charge in [0.2, 0.25) is 0 Å². The summed E-state index contributed by atoms with van der Waals surface area (Å²) in [6.07, 6.45) is 4.00. The first kappa shape index (κ1) is 12.7. The van der Waals surface area contributed by atoms with Gasteiger partial charge < -0.3 is 14.6 Å².